The molecule has 2 heteroatoms. The van der Waals surface area contributed by atoms with Gasteiger partial charge < -0.3 is 10.4 Å². The molecule has 0 saturated heterocycles. The van der Waals surface area contributed by atoms with Crippen molar-refractivity contribution in [1.29, 1.82) is 0 Å². The molecule has 2 nitrogen and oxygen atoms in total. The van der Waals surface area contributed by atoms with Gasteiger partial charge in [0.15, 0.2) is 0 Å². The number of benzene rings is 1. The summed E-state index contributed by atoms with van der Waals surface area (Å²) in [5, 5.41) is 12.3. The number of aliphatic hydroxyl groups is 1. The number of aliphatic hydroxyl groups excluding tert-OH is 1. The molecule has 1 aromatic carbocycles. The lowest BCUT2D eigenvalue weighted by molar-refractivity contribution is 0.223. The van der Waals surface area contributed by atoms with Crippen LogP contribution in [-0.4, -0.2) is 24.8 Å². The molecule has 13 heavy (non-hydrogen) atoms. The summed E-state index contributed by atoms with van der Waals surface area (Å²) in [5.41, 5.74) is 1.11. The minimum Gasteiger partial charge on any atom is -0.388 e. The molecule has 0 fully saturated rings. The predicted molar refractivity (Wildman–Crippen MR) is 55.4 cm³/mol. The second-order valence-corrected chi connectivity index (χ2v) is 2.89. The van der Waals surface area contributed by atoms with E-state index in [1.807, 2.05) is 43.5 Å². The van der Waals surface area contributed by atoms with Crippen molar-refractivity contribution < 1.29 is 5.11 Å². The normalized spacial score (nSPS) is 13.4. The Hall–Kier alpha value is -1.12. The second kappa shape index (κ2) is 5.51. The fourth-order valence-electron chi connectivity index (χ4n) is 1.06. The van der Waals surface area contributed by atoms with Gasteiger partial charge in [-0.2, -0.15) is 0 Å². The Labute approximate surface area is 78.9 Å². The van der Waals surface area contributed by atoms with Gasteiger partial charge in [0, 0.05) is 6.54 Å². The van der Waals surface area contributed by atoms with Gasteiger partial charge in [0.05, 0.1) is 6.10 Å². The highest BCUT2D eigenvalue weighted by Gasteiger charge is 1.94. The maximum Gasteiger partial charge on any atom is 0.0848 e. The van der Waals surface area contributed by atoms with E-state index in [0.29, 0.717) is 6.54 Å². The first kappa shape index (κ1) is 9.96. The average Bonchev–Trinajstić information content (AvgIpc) is 2.17. The lowest BCUT2D eigenvalue weighted by Crippen LogP contribution is -2.20. The largest absolute Gasteiger partial charge is 0.388 e. The minimum absolute atomic E-state index is 0.412. The van der Waals surface area contributed by atoms with E-state index in [4.69, 9.17) is 0 Å². The zero-order valence-corrected chi connectivity index (χ0v) is 7.77. The third-order valence-electron chi connectivity index (χ3n) is 1.72. The summed E-state index contributed by atoms with van der Waals surface area (Å²) in [5.74, 6) is 0. The summed E-state index contributed by atoms with van der Waals surface area (Å²) in [7, 11) is 1.82. The van der Waals surface area contributed by atoms with Crippen molar-refractivity contribution in [3.8, 4) is 0 Å². The van der Waals surface area contributed by atoms with Crippen molar-refractivity contribution in [3.05, 3.63) is 42.0 Å². The third kappa shape index (κ3) is 3.87. The lowest BCUT2D eigenvalue weighted by atomic mass is 10.2. The van der Waals surface area contributed by atoms with Gasteiger partial charge in [-0.1, -0.05) is 42.5 Å². The summed E-state index contributed by atoms with van der Waals surface area (Å²) in [4.78, 5) is 0. The Morgan fingerprint density at radius 1 is 1.38 bits per heavy atom. The van der Waals surface area contributed by atoms with E-state index < -0.39 is 6.10 Å². The van der Waals surface area contributed by atoms with Crippen molar-refractivity contribution in [3.63, 3.8) is 0 Å². The number of hydrogen-bond acceptors (Lipinski definition) is 2. The first-order chi connectivity index (χ1) is 6.33. The van der Waals surface area contributed by atoms with Gasteiger partial charge in [0.2, 0.25) is 0 Å². The van der Waals surface area contributed by atoms with Crippen LogP contribution in [0.5, 0.6) is 0 Å². The number of nitrogens with one attached hydrogen (secondary N) is 1. The molecule has 70 valence electrons. The zero-order valence-electron chi connectivity index (χ0n) is 7.77. The van der Waals surface area contributed by atoms with Crippen molar-refractivity contribution in [2.24, 2.45) is 0 Å². The summed E-state index contributed by atoms with van der Waals surface area (Å²) < 4.78 is 0. The molecule has 0 heterocycles. The Morgan fingerprint density at radius 3 is 2.69 bits per heavy atom. The maximum atomic E-state index is 9.36. The van der Waals surface area contributed by atoms with E-state index in [1.54, 1.807) is 6.08 Å². The maximum absolute atomic E-state index is 9.36. The quantitative estimate of drug-likeness (QED) is 0.726. The van der Waals surface area contributed by atoms with Crippen molar-refractivity contribution >= 4 is 6.08 Å². The molecule has 1 unspecified atom stereocenters. The van der Waals surface area contributed by atoms with E-state index in [9.17, 15) is 5.11 Å². The summed E-state index contributed by atoms with van der Waals surface area (Å²) in [6, 6.07) is 9.93. The number of rotatable bonds is 4. The number of hydrogen-bond donors (Lipinski definition) is 2. The smallest absolute Gasteiger partial charge is 0.0848 e. The molecule has 0 aliphatic heterocycles. The van der Waals surface area contributed by atoms with Gasteiger partial charge in [0.1, 0.15) is 0 Å². The molecular weight excluding hydrogens is 162 g/mol. The summed E-state index contributed by atoms with van der Waals surface area (Å²) >= 11 is 0. The molecule has 0 bridgehead atoms. The van der Waals surface area contributed by atoms with Gasteiger partial charge in [0.25, 0.3) is 0 Å². The highest BCUT2D eigenvalue weighted by molar-refractivity contribution is 5.49. The van der Waals surface area contributed by atoms with E-state index in [-0.39, 0.29) is 0 Å². The van der Waals surface area contributed by atoms with Crippen LogP contribution >= 0.6 is 0 Å². The zero-order chi connectivity index (χ0) is 9.52. The number of likely N-dealkylation sites (N-methyl/N-ethyl adjacent to an activating group) is 1. The van der Waals surface area contributed by atoms with Gasteiger partial charge in [-0.05, 0) is 12.6 Å². The lowest BCUT2D eigenvalue weighted by Gasteiger charge is -2.02. The predicted octanol–water partition coefficient (Wildman–Crippen LogP) is 1.28. The first-order valence-electron chi connectivity index (χ1n) is 4.39. The van der Waals surface area contributed by atoms with Gasteiger partial charge in [-0.25, -0.2) is 0 Å². The van der Waals surface area contributed by atoms with Crippen LogP contribution in [0, 0.1) is 0 Å². The van der Waals surface area contributed by atoms with E-state index >= 15 is 0 Å². The topological polar surface area (TPSA) is 32.3 Å². The summed E-state index contributed by atoms with van der Waals surface area (Å²) in [6.45, 7) is 0.587. The highest BCUT2D eigenvalue weighted by Crippen LogP contribution is 2.01. The molecule has 0 aliphatic carbocycles. The Bertz CT molecular complexity index is 256. The standard InChI is InChI=1S/C11H15NO/c1-12-9-11(13)8-7-10-5-3-2-4-6-10/h2-8,11-13H,9H2,1H3/b8-7+. The second-order valence-electron chi connectivity index (χ2n) is 2.89. The molecule has 0 spiro atoms. The molecule has 0 radical (unpaired) electrons. The molecular formula is C11H15NO. The van der Waals surface area contributed by atoms with Crippen molar-refractivity contribution in [1.82, 2.24) is 5.32 Å². The van der Waals surface area contributed by atoms with Crippen LogP contribution in [0.4, 0.5) is 0 Å². The molecule has 0 saturated carbocycles. The fraction of sp³-hybridized carbons (Fsp3) is 0.273. The van der Waals surface area contributed by atoms with Crippen molar-refractivity contribution in [2.75, 3.05) is 13.6 Å². The van der Waals surface area contributed by atoms with Gasteiger partial charge in [-0.15, -0.1) is 0 Å². The molecule has 0 aromatic heterocycles. The fourth-order valence-corrected chi connectivity index (χ4v) is 1.06. The van der Waals surface area contributed by atoms with Crippen molar-refractivity contribution in [2.45, 2.75) is 6.10 Å². The first-order valence-corrected chi connectivity index (χ1v) is 4.39. The molecule has 0 amide bonds. The van der Waals surface area contributed by atoms with Crippen LogP contribution in [-0.2, 0) is 0 Å². The Kier molecular flexibility index (Phi) is 4.23. The van der Waals surface area contributed by atoms with Crippen LogP contribution in [0.3, 0.4) is 0 Å². The van der Waals surface area contributed by atoms with Crippen LogP contribution in [0.25, 0.3) is 6.08 Å². The third-order valence-corrected chi connectivity index (χ3v) is 1.72. The van der Waals surface area contributed by atoms with Crippen LogP contribution in [0.1, 0.15) is 5.56 Å². The molecule has 2 N–H and O–H groups in total. The van der Waals surface area contributed by atoms with E-state index in [0.717, 1.165) is 5.56 Å². The summed E-state index contributed by atoms with van der Waals surface area (Å²) in [6.07, 6.45) is 3.29. The Balaban J connectivity index is 2.49. The molecule has 1 atom stereocenters. The van der Waals surface area contributed by atoms with Crippen LogP contribution in [0.15, 0.2) is 36.4 Å². The van der Waals surface area contributed by atoms with Crippen LogP contribution in [0.2, 0.25) is 0 Å². The molecule has 1 rings (SSSR count). The Morgan fingerprint density at radius 2 is 2.08 bits per heavy atom. The van der Waals surface area contributed by atoms with E-state index in [1.165, 1.54) is 0 Å². The van der Waals surface area contributed by atoms with Gasteiger partial charge in [-0.3, -0.25) is 0 Å². The van der Waals surface area contributed by atoms with Crippen LogP contribution < -0.4 is 5.32 Å². The monoisotopic (exact) mass is 177 g/mol. The highest BCUT2D eigenvalue weighted by atomic mass is 16.3. The van der Waals surface area contributed by atoms with E-state index in [2.05, 4.69) is 5.32 Å². The molecule has 0 aliphatic rings. The average molecular weight is 177 g/mol. The molecule has 1 aromatic rings. The minimum atomic E-state index is -0.412. The van der Waals surface area contributed by atoms with Gasteiger partial charge >= 0.3 is 0 Å². The SMILES string of the molecule is CNCC(O)/C=C/c1ccccc1.